The van der Waals surface area contributed by atoms with E-state index in [4.69, 9.17) is 5.73 Å². The molecule has 0 radical (unpaired) electrons. The monoisotopic (exact) mass is 264 g/mol. The lowest BCUT2D eigenvalue weighted by atomic mass is 9.87. The van der Waals surface area contributed by atoms with E-state index in [0.717, 1.165) is 18.2 Å². The molecular formula is C15H28N4. The number of hydrogen-bond donors (Lipinski definition) is 2. The van der Waals surface area contributed by atoms with Gasteiger partial charge in [0.25, 0.3) is 0 Å². The summed E-state index contributed by atoms with van der Waals surface area (Å²) in [5.41, 5.74) is 8.43. The zero-order valence-corrected chi connectivity index (χ0v) is 12.7. The molecule has 0 amide bonds. The highest BCUT2D eigenvalue weighted by atomic mass is 15.3. The molecule has 1 heterocycles. The molecule has 1 aliphatic rings. The number of nitrogens with one attached hydrogen (secondary N) is 1. The van der Waals surface area contributed by atoms with Crippen molar-refractivity contribution in [3.8, 4) is 0 Å². The van der Waals surface area contributed by atoms with Crippen LogP contribution in [0.3, 0.4) is 0 Å². The van der Waals surface area contributed by atoms with Gasteiger partial charge in [-0.3, -0.25) is 4.68 Å². The summed E-state index contributed by atoms with van der Waals surface area (Å²) in [6.07, 6.45) is 6.22. The van der Waals surface area contributed by atoms with E-state index < -0.39 is 0 Å². The molecule has 1 unspecified atom stereocenters. The molecule has 19 heavy (non-hydrogen) atoms. The Morgan fingerprint density at radius 3 is 2.68 bits per heavy atom. The number of nitrogens with zero attached hydrogens (tertiary/aromatic N) is 2. The normalized spacial score (nSPS) is 17.7. The predicted octanol–water partition coefficient (Wildman–Crippen LogP) is 2.11. The molecule has 0 spiro atoms. The summed E-state index contributed by atoms with van der Waals surface area (Å²) in [6, 6.07) is 0.224. The van der Waals surface area contributed by atoms with Gasteiger partial charge in [-0.05, 0) is 18.9 Å². The molecule has 3 N–H and O–H groups in total. The second kappa shape index (κ2) is 5.63. The van der Waals surface area contributed by atoms with Gasteiger partial charge in [0.2, 0.25) is 0 Å². The first-order valence-electron chi connectivity index (χ1n) is 7.39. The minimum atomic E-state index is 0.0577. The number of aryl methyl sites for hydroxylation is 1. The van der Waals surface area contributed by atoms with E-state index in [-0.39, 0.29) is 11.5 Å². The molecule has 0 bridgehead atoms. The van der Waals surface area contributed by atoms with Crippen LogP contribution in [0.25, 0.3) is 0 Å². The Kier molecular flexibility index (Phi) is 4.31. The van der Waals surface area contributed by atoms with E-state index in [2.05, 4.69) is 37.4 Å². The molecule has 4 heteroatoms. The molecule has 0 saturated heterocycles. The zero-order chi connectivity index (χ0) is 14.0. The van der Waals surface area contributed by atoms with Crippen LogP contribution in [0.2, 0.25) is 0 Å². The van der Waals surface area contributed by atoms with Gasteiger partial charge in [-0.1, -0.05) is 33.6 Å². The van der Waals surface area contributed by atoms with Crippen molar-refractivity contribution < 1.29 is 0 Å². The fourth-order valence-electron chi connectivity index (χ4n) is 2.53. The van der Waals surface area contributed by atoms with Gasteiger partial charge in [0, 0.05) is 36.8 Å². The summed E-state index contributed by atoms with van der Waals surface area (Å²) in [5.74, 6) is 0.960. The van der Waals surface area contributed by atoms with E-state index in [9.17, 15) is 0 Å². The van der Waals surface area contributed by atoms with Gasteiger partial charge < -0.3 is 11.1 Å². The van der Waals surface area contributed by atoms with Crippen molar-refractivity contribution in [3.05, 3.63) is 17.5 Å². The van der Waals surface area contributed by atoms with E-state index in [0.29, 0.717) is 6.54 Å². The van der Waals surface area contributed by atoms with E-state index in [1.807, 2.05) is 11.7 Å². The molecule has 1 fully saturated rings. The first-order chi connectivity index (χ1) is 8.91. The molecule has 4 nitrogen and oxygen atoms in total. The number of hydrogen-bond acceptors (Lipinski definition) is 3. The fourth-order valence-corrected chi connectivity index (χ4v) is 2.53. The van der Waals surface area contributed by atoms with Crippen LogP contribution in [0, 0.1) is 5.92 Å². The highest BCUT2D eigenvalue weighted by Gasteiger charge is 2.26. The second-order valence-corrected chi connectivity index (χ2v) is 6.83. The first kappa shape index (κ1) is 14.5. The lowest BCUT2D eigenvalue weighted by molar-refractivity contribution is 0.493. The highest BCUT2D eigenvalue weighted by Crippen LogP contribution is 2.32. The maximum absolute atomic E-state index is 5.96. The minimum Gasteiger partial charge on any atom is -0.329 e. The quantitative estimate of drug-likeness (QED) is 0.827. The SMILES string of the molecule is Cn1cc(C(CN)NCCC2CC2)c(C(C)(C)C)n1. The van der Waals surface area contributed by atoms with Crippen LogP contribution < -0.4 is 11.1 Å². The molecule has 0 aliphatic heterocycles. The van der Waals surface area contributed by atoms with Crippen LogP contribution in [0.5, 0.6) is 0 Å². The molecular weight excluding hydrogens is 236 g/mol. The van der Waals surface area contributed by atoms with Crippen molar-refractivity contribution >= 4 is 0 Å². The smallest absolute Gasteiger partial charge is 0.0726 e. The Balaban J connectivity index is 2.07. The van der Waals surface area contributed by atoms with Crippen LogP contribution in [0.4, 0.5) is 0 Å². The van der Waals surface area contributed by atoms with Crippen LogP contribution in [-0.2, 0) is 12.5 Å². The average molecular weight is 264 g/mol. The molecule has 1 saturated carbocycles. The third-order valence-corrected chi connectivity index (χ3v) is 3.82. The van der Waals surface area contributed by atoms with Gasteiger partial charge in [0.1, 0.15) is 0 Å². The second-order valence-electron chi connectivity index (χ2n) is 6.83. The van der Waals surface area contributed by atoms with Crippen molar-refractivity contribution in [2.24, 2.45) is 18.7 Å². The lowest BCUT2D eigenvalue weighted by Crippen LogP contribution is -2.31. The van der Waals surface area contributed by atoms with Crippen molar-refractivity contribution in [3.63, 3.8) is 0 Å². The van der Waals surface area contributed by atoms with Gasteiger partial charge >= 0.3 is 0 Å². The number of rotatable bonds is 6. The topological polar surface area (TPSA) is 55.9 Å². The van der Waals surface area contributed by atoms with Crippen molar-refractivity contribution in [2.45, 2.75) is 51.5 Å². The zero-order valence-electron chi connectivity index (χ0n) is 12.7. The molecule has 0 aromatic carbocycles. The predicted molar refractivity (Wildman–Crippen MR) is 79.0 cm³/mol. The third-order valence-electron chi connectivity index (χ3n) is 3.82. The number of aromatic nitrogens is 2. The lowest BCUT2D eigenvalue weighted by Gasteiger charge is -2.22. The molecule has 1 aliphatic carbocycles. The summed E-state index contributed by atoms with van der Waals surface area (Å²) in [7, 11) is 1.98. The number of nitrogens with two attached hydrogens (primary N) is 1. The van der Waals surface area contributed by atoms with Crippen LogP contribution >= 0.6 is 0 Å². The highest BCUT2D eigenvalue weighted by molar-refractivity contribution is 5.27. The fraction of sp³-hybridized carbons (Fsp3) is 0.800. The maximum atomic E-state index is 5.96. The van der Waals surface area contributed by atoms with Gasteiger partial charge in [0.15, 0.2) is 0 Å². The average Bonchev–Trinajstić information content (AvgIpc) is 3.05. The van der Waals surface area contributed by atoms with Gasteiger partial charge in [0.05, 0.1) is 5.69 Å². The van der Waals surface area contributed by atoms with E-state index in [1.165, 1.54) is 24.8 Å². The van der Waals surface area contributed by atoms with Gasteiger partial charge in [-0.2, -0.15) is 5.10 Å². The summed E-state index contributed by atoms with van der Waals surface area (Å²) in [4.78, 5) is 0. The molecule has 2 rings (SSSR count). The summed E-state index contributed by atoms with van der Waals surface area (Å²) in [6.45, 7) is 8.30. The summed E-state index contributed by atoms with van der Waals surface area (Å²) < 4.78 is 1.90. The Hall–Kier alpha value is -0.870. The Labute approximate surface area is 116 Å². The van der Waals surface area contributed by atoms with Crippen molar-refractivity contribution in [2.75, 3.05) is 13.1 Å². The summed E-state index contributed by atoms with van der Waals surface area (Å²) >= 11 is 0. The maximum Gasteiger partial charge on any atom is 0.0726 e. The minimum absolute atomic E-state index is 0.0577. The first-order valence-corrected chi connectivity index (χ1v) is 7.39. The van der Waals surface area contributed by atoms with Crippen molar-refractivity contribution in [1.29, 1.82) is 0 Å². The van der Waals surface area contributed by atoms with E-state index in [1.54, 1.807) is 0 Å². The van der Waals surface area contributed by atoms with Gasteiger partial charge in [-0.25, -0.2) is 0 Å². The standard InChI is InChI=1S/C15H28N4/c1-15(2,3)14-12(10-19(4)18-14)13(9-16)17-8-7-11-5-6-11/h10-11,13,17H,5-9,16H2,1-4H3. The van der Waals surface area contributed by atoms with Crippen LogP contribution in [0.15, 0.2) is 6.20 Å². The Bertz CT molecular complexity index is 412. The van der Waals surface area contributed by atoms with Gasteiger partial charge in [-0.15, -0.1) is 0 Å². The Morgan fingerprint density at radius 1 is 1.47 bits per heavy atom. The van der Waals surface area contributed by atoms with Crippen LogP contribution in [-0.4, -0.2) is 22.9 Å². The molecule has 1 atom stereocenters. The van der Waals surface area contributed by atoms with E-state index >= 15 is 0 Å². The largest absolute Gasteiger partial charge is 0.329 e. The summed E-state index contributed by atoms with van der Waals surface area (Å²) in [5, 5.41) is 8.23. The Morgan fingerprint density at radius 2 is 2.16 bits per heavy atom. The van der Waals surface area contributed by atoms with Crippen LogP contribution in [0.1, 0.15) is 57.3 Å². The molecule has 1 aromatic rings. The molecule has 108 valence electrons. The molecule has 1 aromatic heterocycles. The third kappa shape index (κ3) is 3.80. The van der Waals surface area contributed by atoms with Crippen molar-refractivity contribution in [1.82, 2.24) is 15.1 Å².